The Morgan fingerprint density at radius 1 is 0.375 bits per heavy atom. The topological polar surface area (TPSA) is 163 Å². The van der Waals surface area contributed by atoms with Crippen molar-refractivity contribution in [1.29, 1.82) is 0 Å². The van der Waals surface area contributed by atoms with Crippen molar-refractivity contribution in [1.82, 2.24) is 0 Å². The molecule has 0 fully saturated rings. The molecule has 9 nitrogen and oxygen atoms in total. The molecule has 6 aromatic carbocycles. The van der Waals surface area contributed by atoms with Crippen molar-refractivity contribution in [3.05, 3.63) is 124 Å². The van der Waals surface area contributed by atoms with Gasteiger partial charge < -0.3 is 0 Å². The van der Waals surface area contributed by atoms with E-state index >= 15 is 0 Å². The third-order valence-electron chi connectivity index (χ3n) is 8.92. The number of fused-ring (bicyclic) bond motifs is 3. The molecule has 0 aliphatic carbocycles. The first kappa shape index (κ1) is 33.7. The van der Waals surface area contributed by atoms with Crippen LogP contribution in [0.4, 0.5) is 0 Å². The first-order valence-corrected chi connectivity index (χ1v) is 19.5. The fourth-order valence-electron chi connectivity index (χ4n) is 6.47. The van der Waals surface area contributed by atoms with Gasteiger partial charge in [-0.05, 0) is 128 Å². The Hall–Kier alpha value is -4.17. The van der Waals surface area contributed by atoms with Gasteiger partial charge in [-0.1, -0.05) is 68.4 Å². The molecular formula is C36H32O9S3. The highest BCUT2D eigenvalue weighted by Gasteiger charge is 2.19. The van der Waals surface area contributed by atoms with Crippen LogP contribution in [0.3, 0.4) is 0 Å². The van der Waals surface area contributed by atoms with Crippen LogP contribution in [0.2, 0.25) is 0 Å². The average molecular weight is 705 g/mol. The summed E-state index contributed by atoms with van der Waals surface area (Å²) in [5.74, 6) is 0. The zero-order valence-corrected chi connectivity index (χ0v) is 28.5. The molecule has 0 atom stereocenters. The van der Waals surface area contributed by atoms with Gasteiger partial charge in [0.15, 0.2) is 0 Å². The molecule has 0 aliphatic rings. The second-order valence-corrected chi connectivity index (χ2v) is 16.0. The van der Waals surface area contributed by atoms with Crippen molar-refractivity contribution in [2.45, 2.75) is 54.2 Å². The third kappa shape index (κ3) is 6.47. The van der Waals surface area contributed by atoms with Gasteiger partial charge in [0.1, 0.15) is 0 Å². The molecule has 0 amide bonds. The summed E-state index contributed by atoms with van der Waals surface area (Å²) in [7, 11) is -13.4. The van der Waals surface area contributed by atoms with Gasteiger partial charge in [-0.15, -0.1) is 0 Å². The predicted molar refractivity (Wildman–Crippen MR) is 186 cm³/mol. The molecule has 6 rings (SSSR count). The molecule has 3 N–H and O–H groups in total. The molecule has 6 aromatic rings. The quantitative estimate of drug-likeness (QED) is 0.132. The van der Waals surface area contributed by atoms with Gasteiger partial charge in [0.05, 0.1) is 14.7 Å². The summed E-state index contributed by atoms with van der Waals surface area (Å²) < 4.78 is 102. The molecule has 0 heterocycles. The van der Waals surface area contributed by atoms with E-state index in [1.54, 1.807) is 18.2 Å². The van der Waals surface area contributed by atoms with Crippen LogP contribution < -0.4 is 0 Å². The summed E-state index contributed by atoms with van der Waals surface area (Å²) in [4.78, 5) is -0.696. The van der Waals surface area contributed by atoms with E-state index in [1.807, 2.05) is 50.2 Å². The second kappa shape index (κ2) is 12.4. The summed E-state index contributed by atoms with van der Waals surface area (Å²) in [6, 6.07) is 24.9. The number of hydrogen-bond donors (Lipinski definition) is 3. The molecular weight excluding hydrogens is 673 g/mol. The Balaban J connectivity index is 1.52. The lowest BCUT2D eigenvalue weighted by molar-refractivity contribution is 0.481. The van der Waals surface area contributed by atoms with E-state index < -0.39 is 30.4 Å². The van der Waals surface area contributed by atoms with Gasteiger partial charge in [0.2, 0.25) is 0 Å². The number of hydrogen-bond acceptors (Lipinski definition) is 6. The summed E-state index contributed by atoms with van der Waals surface area (Å²) in [6.07, 6.45) is 2.02. The smallest absolute Gasteiger partial charge is 0.282 e. The molecule has 48 heavy (non-hydrogen) atoms. The van der Waals surface area contributed by atoms with Crippen molar-refractivity contribution in [2.75, 3.05) is 0 Å². The van der Waals surface area contributed by atoms with Crippen molar-refractivity contribution in [3.63, 3.8) is 0 Å². The van der Waals surface area contributed by atoms with Gasteiger partial charge in [0.25, 0.3) is 30.4 Å². The fraction of sp³-hybridized carbons (Fsp3) is 0.167. The highest BCUT2D eigenvalue weighted by molar-refractivity contribution is 7.86. The Labute approximate surface area is 279 Å². The van der Waals surface area contributed by atoms with Crippen LogP contribution in [0.1, 0.15) is 47.2 Å². The predicted octanol–water partition coefficient (Wildman–Crippen LogP) is 7.19. The molecule has 12 heteroatoms. The van der Waals surface area contributed by atoms with E-state index in [4.69, 9.17) is 0 Å². The molecule has 0 unspecified atom stereocenters. The highest BCUT2D eigenvalue weighted by Crippen LogP contribution is 2.34. The Bertz CT molecular complexity index is 2610. The summed E-state index contributed by atoms with van der Waals surface area (Å²) in [5.41, 5.74) is 5.13. The van der Waals surface area contributed by atoms with E-state index in [2.05, 4.69) is 0 Å². The first-order chi connectivity index (χ1) is 22.6. The van der Waals surface area contributed by atoms with Crippen molar-refractivity contribution < 1.29 is 38.9 Å². The molecule has 0 saturated heterocycles. The molecule has 0 spiro atoms. The monoisotopic (exact) mass is 704 g/mol. The molecule has 0 aliphatic heterocycles. The SMILES string of the molecule is CCc1ccc(Cc2ccc(Cc3ccc(CC)c4ccc(S(=O)(=O)O)cc34)c3ccc(S(=O)(=O)O)cc23)c2ccc(S(=O)(=O)O)cc12. The highest BCUT2D eigenvalue weighted by atomic mass is 32.2. The summed E-state index contributed by atoms with van der Waals surface area (Å²) >= 11 is 0. The minimum atomic E-state index is -4.53. The van der Waals surface area contributed by atoms with Crippen molar-refractivity contribution in [3.8, 4) is 0 Å². The maximum Gasteiger partial charge on any atom is 0.294 e. The van der Waals surface area contributed by atoms with Gasteiger partial charge in [-0.25, -0.2) is 0 Å². The maximum absolute atomic E-state index is 12.2. The van der Waals surface area contributed by atoms with Gasteiger partial charge in [0, 0.05) is 0 Å². The fourth-order valence-corrected chi connectivity index (χ4v) is 7.99. The van der Waals surface area contributed by atoms with Crippen LogP contribution in [-0.2, 0) is 56.0 Å². The minimum Gasteiger partial charge on any atom is -0.282 e. The first-order valence-electron chi connectivity index (χ1n) is 15.1. The summed E-state index contributed by atoms with van der Waals surface area (Å²) in [5, 5.41) is 4.29. The Morgan fingerprint density at radius 2 is 0.625 bits per heavy atom. The Kier molecular flexibility index (Phi) is 8.69. The summed E-state index contributed by atoms with van der Waals surface area (Å²) in [6.45, 7) is 3.94. The standard InChI is InChI=1S/C36H32O9S3/c1-3-22-5-8-26(35-20-29(47(40,41)42)11-14-31(22)35)18-25-9-10-27(36-21-30(48(43,44)45)13-16-33(25)36)17-24-7-6-23(4-2)34-19-28(46(37,38)39)12-15-32(24)34/h5-16,19-21H,3-4,17-18H2,1-2H3,(H,37,38,39)(H,40,41,42)(H,43,44,45). The number of rotatable bonds is 9. The van der Waals surface area contributed by atoms with Crippen LogP contribution in [-0.4, -0.2) is 38.9 Å². The molecule has 0 aromatic heterocycles. The maximum atomic E-state index is 12.2. The molecule has 0 bridgehead atoms. The van der Waals surface area contributed by atoms with Crippen LogP contribution in [0, 0.1) is 0 Å². The average Bonchev–Trinajstić information content (AvgIpc) is 3.04. The third-order valence-corrected chi connectivity index (χ3v) is 11.5. The minimum absolute atomic E-state index is 0.211. The zero-order chi connectivity index (χ0) is 34.6. The molecule has 248 valence electrons. The lowest BCUT2D eigenvalue weighted by Crippen LogP contribution is -2.02. The van der Waals surface area contributed by atoms with Gasteiger partial charge in [-0.3, -0.25) is 13.7 Å². The number of aryl methyl sites for hydroxylation is 2. The van der Waals surface area contributed by atoms with E-state index in [0.29, 0.717) is 41.8 Å². The lowest BCUT2D eigenvalue weighted by Gasteiger charge is -2.16. The van der Waals surface area contributed by atoms with Crippen LogP contribution in [0.15, 0.2) is 106 Å². The van der Waals surface area contributed by atoms with E-state index in [-0.39, 0.29) is 14.7 Å². The van der Waals surface area contributed by atoms with Crippen LogP contribution in [0.25, 0.3) is 32.3 Å². The van der Waals surface area contributed by atoms with E-state index in [9.17, 15) is 38.9 Å². The van der Waals surface area contributed by atoms with Crippen LogP contribution in [0.5, 0.6) is 0 Å². The van der Waals surface area contributed by atoms with Gasteiger partial charge >= 0.3 is 0 Å². The normalized spacial score (nSPS) is 12.7. The van der Waals surface area contributed by atoms with Crippen molar-refractivity contribution >= 4 is 62.7 Å². The van der Waals surface area contributed by atoms with Crippen molar-refractivity contribution in [2.24, 2.45) is 0 Å². The molecule has 0 saturated carbocycles. The van der Waals surface area contributed by atoms with E-state index in [1.165, 1.54) is 36.4 Å². The number of benzene rings is 6. The largest absolute Gasteiger partial charge is 0.294 e. The van der Waals surface area contributed by atoms with Crippen LogP contribution >= 0.6 is 0 Å². The van der Waals surface area contributed by atoms with Gasteiger partial charge in [-0.2, -0.15) is 25.3 Å². The second-order valence-electron chi connectivity index (χ2n) is 11.8. The zero-order valence-electron chi connectivity index (χ0n) is 26.0. The Morgan fingerprint density at radius 3 is 0.938 bits per heavy atom. The molecule has 0 radical (unpaired) electrons. The lowest BCUT2D eigenvalue weighted by atomic mass is 9.89. The van der Waals surface area contributed by atoms with E-state index in [0.717, 1.165) is 49.5 Å².